The number of ether oxygens (including phenoxy) is 2. The van der Waals surface area contributed by atoms with Gasteiger partial charge in [0.1, 0.15) is 0 Å². The Hall–Kier alpha value is -0.690. The molecule has 0 spiro atoms. The van der Waals surface area contributed by atoms with Gasteiger partial charge < -0.3 is 24.6 Å². The minimum atomic E-state index is -0.500. The lowest BCUT2D eigenvalue weighted by Gasteiger charge is -2.42. The molecule has 6 heteroatoms. The average molecular weight is 345 g/mol. The number of likely N-dealkylation sites (tertiary alicyclic amines) is 1. The van der Waals surface area contributed by atoms with Crippen LogP contribution in [-0.4, -0.2) is 70.7 Å². The Morgan fingerprint density at radius 1 is 1.04 bits per heavy atom. The zero-order valence-electron chi connectivity index (χ0n) is 15.8. The topological polar surface area (TPSA) is 79.2 Å². The molecule has 4 unspecified atom stereocenters. The van der Waals surface area contributed by atoms with Crippen LogP contribution in [0.1, 0.15) is 60.3 Å². The maximum Gasteiger partial charge on any atom is 0.223 e. The molecule has 142 valence electrons. The molecule has 2 N–H and O–H groups in total. The molecule has 1 saturated heterocycles. The molecule has 1 aliphatic heterocycles. The summed E-state index contributed by atoms with van der Waals surface area (Å²) in [6, 6.07) is 0. The second-order valence-electron chi connectivity index (χ2n) is 7.54. The molecule has 0 radical (unpaired) electrons. The summed E-state index contributed by atoms with van der Waals surface area (Å²) in [7, 11) is 0. The van der Waals surface area contributed by atoms with Crippen molar-refractivity contribution in [1.82, 2.24) is 4.90 Å². The highest BCUT2D eigenvalue weighted by atomic mass is 16.5. The van der Waals surface area contributed by atoms with Crippen molar-refractivity contribution in [1.29, 1.82) is 0 Å². The second kappa shape index (κ2) is 9.70. The highest BCUT2D eigenvalue weighted by Gasteiger charge is 2.40. The standard InChI is InChI=1S/C18H35NO5/c1-13(20)11-23-15(3)9-18(5,19-8-6-7-17(19)22)10-16(4)24-12-14(2)21/h13-16,20-21H,6-12H2,1-5H3. The summed E-state index contributed by atoms with van der Waals surface area (Å²) in [5.41, 5.74) is -0.357. The molecule has 6 nitrogen and oxygen atoms in total. The fourth-order valence-corrected chi connectivity index (χ4v) is 3.49. The van der Waals surface area contributed by atoms with Crippen molar-refractivity contribution in [3.8, 4) is 0 Å². The molecule has 1 heterocycles. The van der Waals surface area contributed by atoms with Gasteiger partial charge in [0.25, 0.3) is 0 Å². The Balaban J connectivity index is 2.73. The van der Waals surface area contributed by atoms with E-state index >= 15 is 0 Å². The molecule has 0 aliphatic carbocycles. The van der Waals surface area contributed by atoms with Gasteiger partial charge in [-0.1, -0.05) is 0 Å². The summed E-state index contributed by atoms with van der Waals surface area (Å²) < 4.78 is 11.4. The van der Waals surface area contributed by atoms with Crippen LogP contribution < -0.4 is 0 Å². The first-order valence-corrected chi connectivity index (χ1v) is 9.04. The number of nitrogens with zero attached hydrogens (tertiary/aromatic N) is 1. The molecule has 4 atom stereocenters. The minimum Gasteiger partial charge on any atom is -0.391 e. The molecule has 0 aromatic carbocycles. The predicted molar refractivity (Wildman–Crippen MR) is 92.8 cm³/mol. The average Bonchev–Trinajstić information content (AvgIpc) is 2.90. The van der Waals surface area contributed by atoms with Gasteiger partial charge in [-0.25, -0.2) is 0 Å². The minimum absolute atomic E-state index is 0.0676. The smallest absolute Gasteiger partial charge is 0.223 e. The number of aliphatic hydroxyl groups excluding tert-OH is 2. The Morgan fingerprint density at radius 2 is 1.50 bits per heavy atom. The molecule has 0 bridgehead atoms. The second-order valence-corrected chi connectivity index (χ2v) is 7.54. The lowest BCUT2D eigenvalue weighted by molar-refractivity contribution is -0.136. The van der Waals surface area contributed by atoms with Crippen LogP contribution >= 0.6 is 0 Å². The van der Waals surface area contributed by atoms with E-state index in [-0.39, 0.29) is 23.7 Å². The molecule has 0 aromatic heterocycles. The van der Waals surface area contributed by atoms with E-state index in [0.29, 0.717) is 32.5 Å². The quantitative estimate of drug-likeness (QED) is 0.596. The van der Waals surface area contributed by atoms with E-state index in [4.69, 9.17) is 9.47 Å². The predicted octanol–water partition coefficient (Wildman–Crippen LogP) is 1.72. The third-order valence-corrected chi connectivity index (χ3v) is 4.42. The van der Waals surface area contributed by atoms with Gasteiger partial charge in [0.15, 0.2) is 0 Å². The SMILES string of the molecule is CC(O)COC(C)CC(C)(CC(C)OCC(C)O)N1CCCC1=O. The Bertz CT molecular complexity index is 366. The van der Waals surface area contributed by atoms with Crippen LogP contribution in [0.3, 0.4) is 0 Å². The number of carbonyl (C=O) groups excluding carboxylic acids is 1. The highest BCUT2D eigenvalue weighted by Crippen LogP contribution is 2.32. The van der Waals surface area contributed by atoms with Crippen molar-refractivity contribution in [2.45, 2.75) is 90.3 Å². The van der Waals surface area contributed by atoms with Gasteiger partial charge in [-0.15, -0.1) is 0 Å². The number of carbonyl (C=O) groups is 1. The summed E-state index contributed by atoms with van der Waals surface area (Å²) in [6.45, 7) is 10.8. The maximum absolute atomic E-state index is 12.3. The molecular formula is C18H35NO5. The van der Waals surface area contributed by atoms with Crippen LogP contribution in [0, 0.1) is 0 Å². The van der Waals surface area contributed by atoms with Gasteiger partial charge in [0.2, 0.25) is 5.91 Å². The van der Waals surface area contributed by atoms with Crippen LogP contribution in [0.2, 0.25) is 0 Å². The van der Waals surface area contributed by atoms with Gasteiger partial charge in [0, 0.05) is 18.5 Å². The molecule has 0 aromatic rings. The van der Waals surface area contributed by atoms with Gasteiger partial charge in [-0.3, -0.25) is 4.79 Å². The maximum atomic E-state index is 12.3. The van der Waals surface area contributed by atoms with Gasteiger partial charge >= 0.3 is 0 Å². The third-order valence-electron chi connectivity index (χ3n) is 4.42. The Labute approximate surface area is 146 Å². The van der Waals surface area contributed by atoms with E-state index < -0.39 is 12.2 Å². The lowest BCUT2D eigenvalue weighted by atomic mass is 9.86. The molecule has 1 amide bonds. The van der Waals surface area contributed by atoms with Crippen LogP contribution in [0.15, 0.2) is 0 Å². The van der Waals surface area contributed by atoms with Crippen molar-refractivity contribution in [2.24, 2.45) is 0 Å². The van der Waals surface area contributed by atoms with E-state index in [1.54, 1.807) is 13.8 Å². The first-order valence-electron chi connectivity index (χ1n) is 9.04. The lowest BCUT2D eigenvalue weighted by Crippen LogP contribution is -2.51. The van der Waals surface area contributed by atoms with Crippen LogP contribution in [0.5, 0.6) is 0 Å². The van der Waals surface area contributed by atoms with Crippen LogP contribution in [0.4, 0.5) is 0 Å². The molecule has 24 heavy (non-hydrogen) atoms. The molecule has 1 rings (SSSR count). The zero-order chi connectivity index (χ0) is 18.3. The highest BCUT2D eigenvalue weighted by molar-refractivity contribution is 5.79. The van der Waals surface area contributed by atoms with Crippen molar-refractivity contribution < 1.29 is 24.5 Å². The van der Waals surface area contributed by atoms with Crippen molar-refractivity contribution in [2.75, 3.05) is 19.8 Å². The van der Waals surface area contributed by atoms with E-state index in [0.717, 1.165) is 13.0 Å². The van der Waals surface area contributed by atoms with E-state index in [2.05, 4.69) is 6.92 Å². The van der Waals surface area contributed by atoms with E-state index in [1.165, 1.54) is 0 Å². The summed E-state index contributed by atoms with van der Waals surface area (Å²) in [6.07, 6.45) is 1.73. The van der Waals surface area contributed by atoms with Crippen molar-refractivity contribution >= 4 is 5.91 Å². The number of hydrogen-bond acceptors (Lipinski definition) is 5. The summed E-state index contributed by atoms with van der Waals surface area (Å²) in [5, 5.41) is 18.8. The zero-order valence-corrected chi connectivity index (χ0v) is 15.8. The van der Waals surface area contributed by atoms with Gasteiger partial charge in [-0.05, 0) is 53.9 Å². The Morgan fingerprint density at radius 3 is 1.83 bits per heavy atom. The largest absolute Gasteiger partial charge is 0.391 e. The number of hydrogen-bond donors (Lipinski definition) is 2. The van der Waals surface area contributed by atoms with Gasteiger partial charge in [-0.2, -0.15) is 0 Å². The molecule has 1 aliphatic rings. The number of aliphatic hydroxyl groups is 2. The van der Waals surface area contributed by atoms with Crippen molar-refractivity contribution in [3.63, 3.8) is 0 Å². The first kappa shape index (κ1) is 21.4. The molecular weight excluding hydrogens is 310 g/mol. The third kappa shape index (κ3) is 7.05. The normalized spacial score (nSPS) is 23.0. The fraction of sp³-hybridized carbons (Fsp3) is 0.944. The summed E-state index contributed by atoms with van der Waals surface area (Å²) >= 11 is 0. The van der Waals surface area contributed by atoms with Gasteiger partial charge in [0.05, 0.1) is 37.6 Å². The molecule has 1 fully saturated rings. The van der Waals surface area contributed by atoms with Crippen LogP contribution in [0.25, 0.3) is 0 Å². The Kier molecular flexibility index (Phi) is 8.63. The monoisotopic (exact) mass is 345 g/mol. The van der Waals surface area contributed by atoms with E-state index in [9.17, 15) is 15.0 Å². The summed E-state index contributed by atoms with van der Waals surface area (Å²) in [5.74, 6) is 0.183. The fourth-order valence-electron chi connectivity index (χ4n) is 3.49. The first-order chi connectivity index (χ1) is 11.1. The van der Waals surface area contributed by atoms with Crippen LogP contribution in [-0.2, 0) is 14.3 Å². The van der Waals surface area contributed by atoms with Crippen molar-refractivity contribution in [3.05, 3.63) is 0 Å². The molecule has 0 saturated carbocycles. The number of rotatable bonds is 11. The van der Waals surface area contributed by atoms with E-state index in [1.807, 2.05) is 18.7 Å². The summed E-state index contributed by atoms with van der Waals surface area (Å²) in [4.78, 5) is 14.2. The number of amides is 1.